The largest absolute Gasteiger partial charge is 0.478 e. The van der Waals surface area contributed by atoms with Gasteiger partial charge in [0.15, 0.2) is 0 Å². The molecule has 1 aromatic heterocycles. The Kier molecular flexibility index (Phi) is 4.37. The lowest BCUT2D eigenvalue weighted by Crippen LogP contribution is -1.99. The maximum atomic E-state index is 11.0. The summed E-state index contributed by atoms with van der Waals surface area (Å²) < 4.78 is 0.752. The Morgan fingerprint density at radius 2 is 2.00 bits per heavy atom. The SMILES string of the molecule is C=C/C(=C\c1ccc2cc(C(=O)O)cnc2c1I)C(=O)O. The summed E-state index contributed by atoms with van der Waals surface area (Å²) >= 11 is 2.06. The molecule has 106 valence electrons. The molecule has 2 rings (SSSR count). The third-order valence-corrected chi connectivity index (χ3v) is 3.98. The molecular weight excluding hydrogens is 385 g/mol. The Balaban J connectivity index is 2.62. The van der Waals surface area contributed by atoms with E-state index in [1.807, 2.05) is 0 Å². The molecule has 0 bridgehead atoms. The number of aliphatic carboxylic acids is 1. The van der Waals surface area contributed by atoms with Crippen molar-refractivity contribution in [2.75, 3.05) is 0 Å². The zero-order valence-corrected chi connectivity index (χ0v) is 12.9. The molecule has 0 spiro atoms. The summed E-state index contributed by atoms with van der Waals surface area (Å²) in [5.74, 6) is -2.10. The van der Waals surface area contributed by atoms with Crippen LogP contribution in [0.15, 0.2) is 42.6 Å². The van der Waals surface area contributed by atoms with Gasteiger partial charge >= 0.3 is 11.9 Å². The van der Waals surface area contributed by atoms with Gasteiger partial charge in [0.05, 0.1) is 16.7 Å². The Bertz CT molecular complexity index is 796. The van der Waals surface area contributed by atoms with Crippen molar-refractivity contribution in [3.05, 3.63) is 57.3 Å². The van der Waals surface area contributed by atoms with E-state index in [9.17, 15) is 9.59 Å². The molecule has 1 aromatic carbocycles. The first kappa shape index (κ1) is 15.2. The summed E-state index contributed by atoms with van der Waals surface area (Å²) in [4.78, 5) is 26.1. The summed E-state index contributed by atoms with van der Waals surface area (Å²) in [5.41, 5.74) is 1.51. The van der Waals surface area contributed by atoms with Gasteiger partial charge in [-0.15, -0.1) is 0 Å². The van der Waals surface area contributed by atoms with E-state index >= 15 is 0 Å². The van der Waals surface area contributed by atoms with E-state index in [0.717, 1.165) is 3.57 Å². The van der Waals surface area contributed by atoms with Crippen molar-refractivity contribution in [1.82, 2.24) is 4.98 Å². The van der Waals surface area contributed by atoms with E-state index in [-0.39, 0.29) is 11.1 Å². The Labute approximate surface area is 133 Å². The van der Waals surface area contributed by atoms with Crippen LogP contribution >= 0.6 is 22.6 Å². The average molecular weight is 395 g/mol. The fourth-order valence-electron chi connectivity index (χ4n) is 1.79. The lowest BCUT2D eigenvalue weighted by atomic mass is 10.1. The molecule has 0 aliphatic carbocycles. The first-order chi connectivity index (χ1) is 9.93. The number of hydrogen-bond acceptors (Lipinski definition) is 3. The highest BCUT2D eigenvalue weighted by Gasteiger charge is 2.10. The van der Waals surface area contributed by atoms with E-state index in [0.29, 0.717) is 16.5 Å². The van der Waals surface area contributed by atoms with Gasteiger partial charge in [0.25, 0.3) is 0 Å². The number of benzene rings is 1. The molecule has 0 aliphatic rings. The number of carbonyl (C=O) groups is 2. The minimum Gasteiger partial charge on any atom is -0.478 e. The van der Waals surface area contributed by atoms with Crippen molar-refractivity contribution in [2.24, 2.45) is 0 Å². The third-order valence-electron chi connectivity index (χ3n) is 2.85. The molecule has 6 heteroatoms. The van der Waals surface area contributed by atoms with Crippen LogP contribution in [-0.4, -0.2) is 27.1 Å². The van der Waals surface area contributed by atoms with Gasteiger partial charge in [-0.05, 0) is 40.3 Å². The van der Waals surface area contributed by atoms with E-state index in [1.165, 1.54) is 24.4 Å². The van der Waals surface area contributed by atoms with Crippen LogP contribution in [0, 0.1) is 3.57 Å². The van der Waals surface area contributed by atoms with Gasteiger partial charge in [0.1, 0.15) is 0 Å². The Morgan fingerprint density at radius 3 is 2.57 bits per heavy atom. The van der Waals surface area contributed by atoms with Crippen molar-refractivity contribution in [2.45, 2.75) is 0 Å². The van der Waals surface area contributed by atoms with E-state index in [2.05, 4.69) is 34.2 Å². The Morgan fingerprint density at radius 1 is 1.29 bits per heavy atom. The summed E-state index contributed by atoms with van der Waals surface area (Å²) in [6, 6.07) is 4.97. The van der Waals surface area contributed by atoms with E-state index < -0.39 is 11.9 Å². The monoisotopic (exact) mass is 395 g/mol. The minimum atomic E-state index is -1.06. The Hall–Kier alpha value is -2.22. The molecule has 0 atom stereocenters. The predicted octanol–water partition coefficient (Wildman–Crippen LogP) is 3.19. The van der Waals surface area contributed by atoms with Crippen molar-refractivity contribution in [3.8, 4) is 0 Å². The van der Waals surface area contributed by atoms with Gasteiger partial charge in [-0.3, -0.25) is 4.98 Å². The highest BCUT2D eigenvalue weighted by atomic mass is 127. The second-order valence-electron chi connectivity index (χ2n) is 4.18. The van der Waals surface area contributed by atoms with Crippen LogP contribution < -0.4 is 0 Å². The van der Waals surface area contributed by atoms with Crippen LogP contribution in [0.5, 0.6) is 0 Å². The standard InChI is InChI=1S/C15H10INO4/c1-2-8(14(18)19)5-9-3-4-10-6-11(15(20)21)7-17-13(10)12(9)16/h2-7H,1H2,(H,18,19)(H,20,21)/b8-5+. The van der Waals surface area contributed by atoms with Crippen molar-refractivity contribution in [1.29, 1.82) is 0 Å². The van der Waals surface area contributed by atoms with Gasteiger partial charge in [-0.2, -0.15) is 0 Å². The molecule has 0 amide bonds. The predicted molar refractivity (Wildman–Crippen MR) is 87.2 cm³/mol. The average Bonchev–Trinajstić information content (AvgIpc) is 2.45. The number of pyridine rings is 1. The number of carboxylic acid groups (broad SMARTS) is 2. The molecule has 5 nitrogen and oxygen atoms in total. The van der Waals surface area contributed by atoms with Crippen LogP contribution in [0.2, 0.25) is 0 Å². The molecule has 0 saturated heterocycles. The minimum absolute atomic E-state index is 0.0782. The molecule has 0 radical (unpaired) electrons. The van der Waals surface area contributed by atoms with Gasteiger partial charge in [-0.25, -0.2) is 9.59 Å². The zero-order valence-electron chi connectivity index (χ0n) is 10.7. The molecule has 21 heavy (non-hydrogen) atoms. The summed E-state index contributed by atoms with van der Waals surface area (Å²) in [6.07, 6.45) is 4.05. The van der Waals surface area contributed by atoms with Gasteiger partial charge in [-0.1, -0.05) is 24.8 Å². The van der Waals surface area contributed by atoms with Crippen LogP contribution in [-0.2, 0) is 4.79 Å². The normalized spacial score (nSPS) is 11.4. The number of hydrogen-bond donors (Lipinski definition) is 2. The smallest absolute Gasteiger partial charge is 0.337 e. The van der Waals surface area contributed by atoms with Gasteiger partial charge < -0.3 is 10.2 Å². The number of halogens is 1. The quantitative estimate of drug-likeness (QED) is 0.472. The van der Waals surface area contributed by atoms with Gasteiger partial charge in [0.2, 0.25) is 0 Å². The third kappa shape index (κ3) is 3.10. The molecule has 2 aromatic rings. The number of aromatic nitrogens is 1. The highest BCUT2D eigenvalue weighted by Crippen LogP contribution is 2.25. The molecule has 0 fully saturated rings. The molecule has 1 heterocycles. The number of nitrogens with zero attached hydrogens (tertiary/aromatic N) is 1. The first-order valence-electron chi connectivity index (χ1n) is 5.83. The fourth-order valence-corrected chi connectivity index (χ4v) is 2.57. The fraction of sp³-hybridized carbons (Fsp3) is 0. The van der Waals surface area contributed by atoms with Gasteiger partial charge in [0, 0.05) is 15.2 Å². The van der Waals surface area contributed by atoms with Crippen molar-refractivity contribution < 1.29 is 19.8 Å². The second-order valence-corrected chi connectivity index (χ2v) is 5.26. The van der Waals surface area contributed by atoms with E-state index in [4.69, 9.17) is 10.2 Å². The van der Waals surface area contributed by atoms with Crippen molar-refractivity contribution >= 4 is 51.5 Å². The lowest BCUT2D eigenvalue weighted by Gasteiger charge is -2.05. The van der Waals surface area contributed by atoms with Crippen LogP contribution in [0.1, 0.15) is 15.9 Å². The molecule has 0 unspecified atom stereocenters. The zero-order chi connectivity index (χ0) is 15.6. The summed E-state index contributed by atoms with van der Waals surface area (Å²) in [5, 5.41) is 18.7. The second kappa shape index (κ2) is 6.04. The number of carboxylic acids is 2. The number of rotatable bonds is 4. The first-order valence-corrected chi connectivity index (χ1v) is 6.91. The molecule has 0 aliphatic heterocycles. The molecular formula is C15H10INO4. The lowest BCUT2D eigenvalue weighted by molar-refractivity contribution is -0.132. The van der Waals surface area contributed by atoms with Crippen LogP contribution in [0.4, 0.5) is 0 Å². The molecule has 0 saturated carbocycles. The summed E-state index contributed by atoms with van der Waals surface area (Å²) in [6.45, 7) is 3.47. The molecule has 2 N–H and O–H groups in total. The topological polar surface area (TPSA) is 87.5 Å². The van der Waals surface area contributed by atoms with Crippen LogP contribution in [0.3, 0.4) is 0 Å². The number of aromatic carboxylic acids is 1. The number of fused-ring (bicyclic) bond motifs is 1. The van der Waals surface area contributed by atoms with Crippen LogP contribution in [0.25, 0.3) is 17.0 Å². The van der Waals surface area contributed by atoms with E-state index in [1.54, 1.807) is 12.1 Å². The maximum absolute atomic E-state index is 11.0. The summed E-state index contributed by atoms with van der Waals surface area (Å²) in [7, 11) is 0. The highest BCUT2D eigenvalue weighted by molar-refractivity contribution is 14.1. The maximum Gasteiger partial charge on any atom is 0.337 e. The van der Waals surface area contributed by atoms with Crippen molar-refractivity contribution in [3.63, 3.8) is 0 Å².